The molecule has 1 aliphatic rings. The first-order chi connectivity index (χ1) is 10.5. The van der Waals surface area contributed by atoms with E-state index in [9.17, 15) is 13.2 Å². The minimum Gasteiger partial charge on any atom is -0.379 e. The fraction of sp³-hybridized carbons (Fsp3) is 0.533. The van der Waals surface area contributed by atoms with E-state index < -0.39 is 10.0 Å². The Kier molecular flexibility index (Phi) is 5.55. The van der Waals surface area contributed by atoms with Crippen molar-refractivity contribution < 1.29 is 17.9 Å². The van der Waals surface area contributed by atoms with Crippen molar-refractivity contribution >= 4 is 15.9 Å². The number of sulfonamides is 1. The SMILES string of the molecule is CCCNC(=O)c1ccc(C)c(S(=O)(=O)N2CCOCC2)c1. The summed E-state index contributed by atoms with van der Waals surface area (Å²) in [4.78, 5) is 12.2. The molecule has 1 fully saturated rings. The predicted molar refractivity (Wildman–Crippen MR) is 83.4 cm³/mol. The van der Waals surface area contributed by atoms with E-state index in [1.807, 2.05) is 6.92 Å². The average molecular weight is 326 g/mol. The summed E-state index contributed by atoms with van der Waals surface area (Å²) in [5, 5.41) is 2.76. The second-order valence-corrected chi connectivity index (χ2v) is 7.16. The van der Waals surface area contributed by atoms with Gasteiger partial charge < -0.3 is 10.1 Å². The van der Waals surface area contributed by atoms with Crippen molar-refractivity contribution in [2.45, 2.75) is 25.2 Å². The minimum absolute atomic E-state index is 0.193. The third-order valence-electron chi connectivity index (χ3n) is 3.57. The summed E-state index contributed by atoms with van der Waals surface area (Å²) in [6, 6.07) is 4.79. The molecule has 0 aliphatic carbocycles. The molecular formula is C15H22N2O4S. The molecule has 0 spiro atoms. The standard InChI is InChI=1S/C15H22N2O4S/c1-3-6-16-15(18)13-5-4-12(2)14(11-13)22(19,20)17-7-9-21-10-8-17/h4-5,11H,3,6-10H2,1-2H3,(H,16,18). The highest BCUT2D eigenvalue weighted by molar-refractivity contribution is 7.89. The van der Waals surface area contributed by atoms with E-state index in [1.54, 1.807) is 19.1 Å². The van der Waals surface area contributed by atoms with Gasteiger partial charge in [0.25, 0.3) is 5.91 Å². The summed E-state index contributed by atoms with van der Waals surface area (Å²) in [6.45, 7) is 5.75. The van der Waals surface area contributed by atoms with Crippen LogP contribution in [0.15, 0.2) is 23.1 Å². The number of hydrogen-bond acceptors (Lipinski definition) is 4. The molecule has 1 N–H and O–H groups in total. The van der Waals surface area contributed by atoms with Gasteiger partial charge in [0.15, 0.2) is 0 Å². The minimum atomic E-state index is -3.60. The van der Waals surface area contributed by atoms with Gasteiger partial charge in [0.05, 0.1) is 18.1 Å². The van der Waals surface area contributed by atoms with Gasteiger partial charge in [0.1, 0.15) is 0 Å². The van der Waals surface area contributed by atoms with E-state index in [4.69, 9.17) is 4.74 Å². The maximum absolute atomic E-state index is 12.7. The summed E-state index contributed by atoms with van der Waals surface area (Å²) in [6.07, 6.45) is 0.830. The van der Waals surface area contributed by atoms with Crippen LogP contribution in [0.1, 0.15) is 29.3 Å². The number of rotatable bonds is 5. The van der Waals surface area contributed by atoms with Crippen molar-refractivity contribution in [3.05, 3.63) is 29.3 Å². The molecular weight excluding hydrogens is 304 g/mol. The molecule has 122 valence electrons. The van der Waals surface area contributed by atoms with Crippen LogP contribution >= 0.6 is 0 Å². The lowest BCUT2D eigenvalue weighted by Crippen LogP contribution is -2.41. The van der Waals surface area contributed by atoms with E-state index in [2.05, 4.69) is 5.32 Å². The smallest absolute Gasteiger partial charge is 0.251 e. The number of amides is 1. The van der Waals surface area contributed by atoms with Gasteiger partial charge in [0.2, 0.25) is 10.0 Å². The van der Waals surface area contributed by atoms with Gasteiger partial charge >= 0.3 is 0 Å². The summed E-state index contributed by atoms with van der Waals surface area (Å²) in [5.41, 5.74) is 1.00. The molecule has 1 aromatic carbocycles. The van der Waals surface area contributed by atoms with Crippen molar-refractivity contribution in [2.24, 2.45) is 0 Å². The number of hydrogen-bond donors (Lipinski definition) is 1. The highest BCUT2D eigenvalue weighted by Crippen LogP contribution is 2.22. The first-order valence-electron chi connectivity index (χ1n) is 7.43. The Morgan fingerprint density at radius 3 is 2.64 bits per heavy atom. The number of aryl methyl sites for hydroxylation is 1. The lowest BCUT2D eigenvalue weighted by atomic mass is 10.1. The van der Waals surface area contributed by atoms with Gasteiger partial charge in [0, 0.05) is 25.2 Å². The average Bonchev–Trinajstić information content (AvgIpc) is 2.53. The Morgan fingerprint density at radius 1 is 1.32 bits per heavy atom. The summed E-state index contributed by atoms with van der Waals surface area (Å²) in [7, 11) is -3.60. The maximum Gasteiger partial charge on any atom is 0.251 e. The number of morpholine rings is 1. The fourth-order valence-electron chi connectivity index (χ4n) is 2.29. The highest BCUT2D eigenvalue weighted by Gasteiger charge is 2.28. The first kappa shape index (κ1) is 16.9. The lowest BCUT2D eigenvalue weighted by molar-refractivity contribution is 0.0730. The highest BCUT2D eigenvalue weighted by atomic mass is 32.2. The van der Waals surface area contributed by atoms with Crippen molar-refractivity contribution in [1.82, 2.24) is 9.62 Å². The number of benzene rings is 1. The third-order valence-corrected chi connectivity index (χ3v) is 5.61. The Bertz CT molecular complexity index is 637. The zero-order valence-corrected chi connectivity index (χ0v) is 13.8. The predicted octanol–water partition coefficient (Wildman–Crippen LogP) is 1.16. The van der Waals surface area contributed by atoms with Crippen LogP contribution in [0.2, 0.25) is 0 Å². The van der Waals surface area contributed by atoms with Crippen LogP contribution in [0.25, 0.3) is 0 Å². The molecule has 0 atom stereocenters. The summed E-state index contributed by atoms with van der Waals surface area (Å²) >= 11 is 0. The summed E-state index contributed by atoms with van der Waals surface area (Å²) < 4.78 is 32.1. The van der Waals surface area contributed by atoms with Gasteiger partial charge in [-0.15, -0.1) is 0 Å². The van der Waals surface area contributed by atoms with Crippen LogP contribution in [-0.4, -0.2) is 51.5 Å². The molecule has 1 aromatic rings. The quantitative estimate of drug-likeness (QED) is 0.881. The number of nitrogens with zero attached hydrogens (tertiary/aromatic N) is 1. The molecule has 0 aromatic heterocycles. The molecule has 22 heavy (non-hydrogen) atoms. The van der Waals surface area contributed by atoms with Gasteiger partial charge in [-0.3, -0.25) is 4.79 Å². The van der Waals surface area contributed by atoms with Crippen LogP contribution in [-0.2, 0) is 14.8 Å². The van der Waals surface area contributed by atoms with Gasteiger partial charge in [-0.1, -0.05) is 13.0 Å². The topological polar surface area (TPSA) is 75.7 Å². The molecule has 7 heteroatoms. The second-order valence-electron chi connectivity index (χ2n) is 5.25. The van der Waals surface area contributed by atoms with Crippen molar-refractivity contribution in [3.8, 4) is 0 Å². The zero-order valence-electron chi connectivity index (χ0n) is 13.0. The van der Waals surface area contributed by atoms with Gasteiger partial charge in [-0.2, -0.15) is 4.31 Å². The molecule has 1 amide bonds. The molecule has 1 aliphatic heterocycles. The number of nitrogens with one attached hydrogen (secondary N) is 1. The monoisotopic (exact) mass is 326 g/mol. The van der Waals surface area contributed by atoms with E-state index in [1.165, 1.54) is 10.4 Å². The molecule has 2 rings (SSSR count). The molecule has 0 unspecified atom stereocenters. The van der Waals surface area contributed by atoms with E-state index in [0.29, 0.717) is 44.0 Å². The van der Waals surface area contributed by atoms with E-state index >= 15 is 0 Å². The zero-order chi connectivity index (χ0) is 16.2. The summed E-state index contributed by atoms with van der Waals surface area (Å²) in [5.74, 6) is -0.250. The van der Waals surface area contributed by atoms with Crippen LogP contribution < -0.4 is 5.32 Å². The molecule has 0 saturated carbocycles. The van der Waals surface area contributed by atoms with Gasteiger partial charge in [-0.25, -0.2) is 8.42 Å². The fourth-order valence-corrected chi connectivity index (χ4v) is 3.94. The van der Waals surface area contributed by atoms with E-state index in [0.717, 1.165) is 6.42 Å². The van der Waals surface area contributed by atoms with Crippen molar-refractivity contribution in [1.29, 1.82) is 0 Å². The molecule has 1 heterocycles. The van der Waals surface area contributed by atoms with Crippen molar-refractivity contribution in [2.75, 3.05) is 32.8 Å². The second kappa shape index (κ2) is 7.21. The Labute approximate surface area is 131 Å². The largest absolute Gasteiger partial charge is 0.379 e. The Hall–Kier alpha value is -1.44. The Morgan fingerprint density at radius 2 is 2.00 bits per heavy atom. The maximum atomic E-state index is 12.7. The number of carbonyl (C=O) groups is 1. The van der Waals surface area contributed by atoms with Crippen LogP contribution in [0.4, 0.5) is 0 Å². The van der Waals surface area contributed by atoms with E-state index in [-0.39, 0.29) is 10.8 Å². The van der Waals surface area contributed by atoms with Gasteiger partial charge in [-0.05, 0) is 31.0 Å². The molecule has 1 saturated heterocycles. The third kappa shape index (κ3) is 3.66. The first-order valence-corrected chi connectivity index (χ1v) is 8.87. The molecule has 6 nitrogen and oxygen atoms in total. The van der Waals surface area contributed by atoms with Crippen LogP contribution in [0.3, 0.4) is 0 Å². The number of carbonyl (C=O) groups excluding carboxylic acids is 1. The van der Waals surface area contributed by atoms with Crippen LogP contribution in [0.5, 0.6) is 0 Å². The van der Waals surface area contributed by atoms with Crippen LogP contribution in [0, 0.1) is 6.92 Å². The normalized spacial score (nSPS) is 16.5. The molecule has 0 radical (unpaired) electrons. The molecule has 0 bridgehead atoms. The number of ether oxygens (including phenoxy) is 1. The lowest BCUT2D eigenvalue weighted by Gasteiger charge is -2.26. The Balaban J connectivity index is 2.31. The van der Waals surface area contributed by atoms with Crippen molar-refractivity contribution in [3.63, 3.8) is 0 Å².